The summed E-state index contributed by atoms with van der Waals surface area (Å²) >= 11 is 5.66. The van der Waals surface area contributed by atoms with Crippen LogP contribution >= 0.6 is 11.6 Å². The molecule has 32 heavy (non-hydrogen) atoms. The van der Waals surface area contributed by atoms with Crippen LogP contribution in [0.2, 0.25) is 6.43 Å². The van der Waals surface area contributed by atoms with Gasteiger partial charge in [0.15, 0.2) is 1.41 Å². The number of benzene rings is 2. The number of fused-ring (bicyclic) bond motifs is 1. The highest BCUT2D eigenvalue weighted by Crippen LogP contribution is 2.30. The highest BCUT2D eigenvalue weighted by Gasteiger charge is 2.41. The normalized spacial score (nSPS) is 21.2. The summed E-state index contributed by atoms with van der Waals surface area (Å²) in [4.78, 5) is 50.1. The quantitative estimate of drug-likeness (QED) is 0.663. The molecular weight excluding hydrogens is 444 g/mol. The van der Waals surface area contributed by atoms with Gasteiger partial charge in [-0.05, 0) is 35.7 Å². The Balaban J connectivity index is 1.55. The number of hydrogen-bond acceptors (Lipinski definition) is 4. The molecule has 1 saturated heterocycles. The number of piperidine rings is 1. The van der Waals surface area contributed by atoms with E-state index < -0.39 is 59.8 Å². The average Bonchev–Trinajstić information content (AvgIpc) is 3.16. The Morgan fingerprint density at radius 1 is 1.31 bits per heavy atom. The number of nitrogens with zero attached hydrogens (tertiary/aromatic N) is 1. The van der Waals surface area contributed by atoms with Crippen molar-refractivity contribution < 1.29 is 33.5 Å². The largest absolute Gasteiger partial charge is 0.349 e. The second-order valence-corrected chi connectivity index (χ2v) is 7.71. The van der Waals surface area contributed by atoms with Gasteiger partial charge in [-0.15, -0.1) is 0 Å². The molecule has 4 amide bonds. The molecule has 0 aliphatic carbocycles. The van der Waals surface area contributed by atoms with Crippen LogP contribution in [0.1, 0.15) is 44.0 Å². The molecule has 0 radical (unpaired) electrons. The zero-order valence-electron chi connectivity index (χ0n) is 20.3. The first-order chi connectivity index (χ1) is 16.8. The lowest BCUT2D eigenvalue weighted by Gasteiger charge is -2.29. The molecule has 2 aromatic carbocycles. The van der Waals surface area contributed by atoms with E-state index >= 15 is 0 Å². The fraction of sp³-hybridized carbons (Fsp3) is 0.273. The van der Waals surface area contributed by atoms with Crippen molar-refractivity contribution in [2.24, 2.45) is 0 Å². The smallest absolute Gasteiger partial charge is 0.346 e. The molecule has 1 fully saturated rings. The van der Waals surface area contributed by atoms with Gasteiger partial charge in [0.1, 0.15) is 6.04 Å². The Morgan fingerprint density at radius 3 is 2.84 bits per heavy atom. The van der Waals surface area contributed by atoms with Gasteiger partial charge in [-0.2, -0.15) is 8.78 Å². The van der Waals surface area contributed by atoms with Crippen molar-refractivity contribution in [3.8, 4) is 0 Å². The number of carbonyl (C=O) groups is 4. The molecule has 2 aliphatic rings. The van der Waals surface area contributed by atoms with E-state index in [0.717, 1.165) is 12.1 Å². The van der Waals surface area contributed by atoms with E-state index in [1.54, 1.807) is 0 Å². The van der Waals surface area contributed by atoms with Crippen LogP contribution in [0.3, 0.4) is 0 Å². The van der Waals surface area contributed by atoms with Gasteiger partial charge < -0.3 is 10.2 Å². The molecule has 4 rings (SSSR count). The van der Waals surface area contributed by atoms with Crippen LogP contribution < -0.4 is 10.6 Å². The molecule has 10 heteroatoms. The number of carbonyl (C=O) groups excluding carboxylic acids is 4. The third-order valence-electron chi connectivity index (χ3n) is 5.20. The number of halogens is 3. The number of alkyl halides is 2. The van der Waals surface area contributed by atoms with Crippen LogP contribution in [0, 0.1) is 0 Å². The third kappa shape index (κ3) is 4.08. The topological polar surface area (TPSA) is 95.6 Å². The van der Waals surface area contributed by atoms with Crippen molar-refractivity contribution in [2.75, 3.05) is 0 Å². The summed E-state index contributed by atoms with van der Waals surface area (Å²) in [5, 5.41) is 1.68. The molecule has 2 atom stereocenters. The average molecular weight is 466 g/mol. The number of rotatable bonds is 5. The van der Waals surface area contributed by atoms with Crippen molar-refractivity contribution in [1.29, 1.82) is 0 Å². The van der Waals surface area contributed by atoms with E-state index in [2.05, 4.69) is 5.32 Å². The van der Waals surface area contributed by atoms with Gasteiger partial charge in [0.2, 0.25) is 11.8 Å². The maximum Gasteiger partial charge on any atom is 0.349 e. The zero-order chi connectivity index (χ0) is 26.5. The fourth-order valence-corrected chi connectivity index (χ4v) is 3.66. The molecule has 0 bridgehead atoms. The van der Waals surface area contributed by atoms with Gasteiger partial charge in [-0.3, -0.25) is 24.5 Å². The molecule has 0 spiro atoms. The molecule has 0 saturated carbocycles. The first kappa shape index (κ1) is 17.3. The summed E-state index contributed by atoms with van der Waals surface area (Å²) in [6, 6.07) is 3.01. The third-order valence-corrected chi connectivity index (χ3v) is 5.42. The SMILES string of the molecule is [2H]c1c(Cl)ccc(C(F)(F)C(=O)N([2H])C([2H])c2ccc3c(c2)CN(C2CCC(=O)NC2=O)C3=O)c1[2H]. The van der Waals surface area contributed by atoms with E-state index in [1.165, 1.54) is 23.1 Å². The highest BCUT2D eigenvalue weighted by atomic mass is 35.5. The Morgan fingerprint density at radius 2 is 2.09 bits per heavy atom. The Bertz CT molecular complexity index is 1310. The number of amides is 4. The summed E-state index contributed by atoms with van der Waals surface area (Å²) in [5.74, 6) is -7.99. The Kier molecular flexibility index (Phi) is 4.48. The Labute approximate surface area is 192 Å². The Hall–Kier alpha value is -3.33. The van der Waals surface area contributed by atoms with Crippen molar-refractivity contribution in [2.45, 2.75) is 37.9 Å². The predicted octanol–water partition coefficient (Wildman–Crippen LogP) is 2.51. The van der Waals surface area contributed by atoms with Crippen LogP contribution in [0.15, 0.2) is 42.4 Å². The monoisotopic (exact) mass is 465 g/mol. The minimum absolute atomic E-state index is 0.0331. The maximum absolute atomic E-state index is 14.9. The first-order valence-electron chi connectivity index (χ1n) is 11.5. The molecular formula is C22H18ClF2N3O4. The van der Waals surface area contributed by atoms with E-state index in [1.807, 2.05) is 0 Å². The molecule has 2 N–H and O–H groups in total. The predicted molar refractivity (Wildman–Crippen MR) is 110 cm³/mol. The lowest BCUT2D eigenvalue weighted by atomic mass is 10.0. The summed E-state index contributed by atoms with van der Waals surface area (Å²) in [7, 11) is 0. The lowest BCUT2D eigenvalue weighted by molar-refractivity contribution is -0.147. The fourth-order valence-electron chi connectivity index (χ4n) is 3.55. The van der Waals surface area contributed by atoms with Crippen molar-refractivity contribution in [1.82, 2.24) is 15.5 Å². The van der Waals surface area contributed by atoms with Gasteiger partial charge in [-0.25, -0.2) is 0 Å². The molecule has 166 valence electrons. The van der Waals surface area contributed by atoms with Crippen LogP contribution in [0.25, 0.3) is 0 Å². The minimum atomic E-state index is -4.38. The van der Waals surface area contributed by atoms with Crippen LogP contribution in [0.4, 0.5) is 8.78 Å². The zero-order valence-corrected chi connectivity index (χ0v) is 17.1. The molecule has 2 unspecified atom stereocenters. The molecule has 2 aliphatic heterocycles. The van der Waals surface area contributed by atoms with Crippen LogP contribution in [0.5, 0.6) is 0 Å². The number of nitrogens with one attached hydrogen (secondary N) is 2. The molecule has 7 nitrogen and oxygen atoms in total. The van der Waals surface area contributed by atoms with Crippen molar-refractivity contribution in [3.05, 3.63) is 69.7 Å². The van der Waals surface area contributed by atoms with Gasteiger partial charge >= 0.3 is 5.92 Å². The van der Waals surface area contributed by atoms with Gasteiger partial charge in [0, 0.05) is 35.6 Å². The van der Waals surface area contributed by atoms with E-state index in [-0.39, 0.29) is 40.8 Å². The minimum Gasteiger partial charge on any atom is -0.346 e. The van der Waals surface area contributed by atoms with Crippen molar-refractivity contribution >= 4 is 35.2 Å². The van der Waals surface area contributed by atoms with Crippen molar-refractivity contribution in [3.63, 3.8) is 0 Å². The molecule has 2 aromatic rings. The maximum atomic E-state index is 14.9. The van der Waals surface area contributed by atoms with E-state index in [0.29, 0.717) is 5.56 Å². The summed E-state index contributed by atoms with van der Waals surface area (Å²) in [6.07, 6.45) is 0.210. The summed E-state index contributed by atoms with van der Waals surface area (Å²) in [5.41, 5.74) is -0.566. The lowest BCUT2D eigenvalue weighted by Crippen LogP contribution is -2.52. The second-order valence-electron chi connectivity index (χ2n) is 7.30. The van der Waals surface area contributed by atoms with Gasteiger partial charge in [-0.1, -0.05) is 35.8 Å². The second kappa shape index (κ2) is 8.31. The van der Waals surface area contributed by atoms with Crippen LogP contribution in [-0.4, -0.2) is 34.6 Å². The summed E-state index contributed by atoms with van der Waals surface area (Å²) in [6.45, 7) is -1.95. The first-order valence-corrected chi connectivity index (χ1v) is 9.88. The van der Waals surface area contributed by atoms with Crippen LogP contribution in [-0.2, 0) is 33.4 Å². The van der Waals surface area contributed by atoms with Gasteiger partial charge in [0.25, 0.3) is 11.8 Å². The van der Waals surface area contributed by atoms with Gasteiger partial charge in [0.05, 0.1) is 4.11 Å². The molecule has 0 aromatic heterocycles. The summed E-state index contributed by atoms with van der Waals surface area (Å²) < 4.78 is 61.2. The number of imide groups is 1. The highest BCUT2D eigenvalue weighted by molar-refractivity contribution is 6.30. The van der Waals surface area contributed by atoms with E-state index in [9.17, 15) is 28.0 Å². The standard InChI is InChI=1S/C22H18ClF2N3O4/c23-15-4-2-14(3-5-15)22(24,25)21(32)26-10-12-1-6-16-13(9-12)11-28(20(16)31)17-7-8-18(29)27-19(17)30/h1-6,9,17H,7-8,10-11H2,(H,26,32)(H,27,29,30)/i2D,4D,10D/hD. The molecule has 2 heterocycles. The number of hydrogen-bond donors (Lipinski definition) is 2. The van der Waals surface area contributed by atoms with E-state index in [4.69, 9.17) is 17.1 Å².